The van der Waals surface area contributed by atoms with Crippen molar-refractivity contribution < 1.29 is 110 Å². The molecule has 0 atom stereocenters. The van der Waals surface area contributed by atoms with Crippen molar-refractivity contribution in [2.24, 2.45) is 0 Å². The van der Waals surface area contributed by atoms with Gasteiger partial charge in [-0.2, -0.15) is 0 Å². The molecule has 0 rings (SSSR count). The zero-order chi connectivity index (χ0) is 10.7. The second kappa shape index (κ2) is 23.8. The minimum atomic E-state index is -3.63. The van der Waals surface area contributed by atoms with Crippen LogP contribution in [-0.2, 0) is 46.1 Å². The minimum Gasteiger partial charge on any atom is -0.672 e. The molecule has 0 radical (unpaired) electrons. The molecule has 0 spiro atoms. The van der Waals surface area contributed by atoms with Gasteiger partial charge in [0.2, 0.25) is 0 Å². The van der Waals surface area contributed by atoms with E-state index in [-0.39, 0.29) is 68.3 Å². The average Bonchev–Trinajstić information content (AvgIpc) is 1.54. The Labute approximate surface area is 136 Å². The van der Waals surface area contributed by atoms with E-state index in [4.69, 9.17) is 42.2 Å². The molecule has 0 bridgehead atoms. The first-order chi connectivity index (χ1) is 5.20. The van der Waals surface area contributed by atoms with Gasteiger partial charge in [0.25, 0.3) is 0 Å². The number of hydrogen-bond acceptors (Lipinski definition) is 9. The quantitative estimate of drug-likeness (QED) is 0.319. The Bertz CT molecular complexity index is 118. The summed E-state index contributed by atoms with van der Waals surface area (Å²) in [6, 6.07) is 0. The molecule has 0 aromatic heterocycles. The van der Waals surface area contributed by atoms with Crippen molar-refractivity contribution in [1.82, 2.24) is 0 Å². The smallest absolute Gasteiger partial charge is 0.672 e. The van der Waals surface area contributed by atoms with Crippen LogP contribution in [0.4, 0.5) is 0 Å². The van der Waals surface area contributed by atoms with Crippen LogP contribution in [0.3, 0.4) is 0 Å². The van der Waals surface area contributed by atoms with Crippen molar-refractivity contribution in [3.8, 4) is 0 Å². The van der Waals surface area contributed by atoms with Crippen LogP contribution in [0.15, 0.2) is 0 Å². The van der Waals surface area contributed by atoms with Gasteiger partial charge in [0.05, 0.1) is 0 Å². The van der Waals surface area contributed by atoms with Crippen molar-refractivity contribution in [3.63, 3.8) is 0 Å². The van der Waals surface area contributed by atoms with Gasteiger partial charge in [0.15, 0.2) is 0 Å². The predicted molar refractivity (Wildman–Crippen MR) is 19.3 cm³/mol. The van der Waals surface area contributed by atoms with Gasteiger partial charge >= 0.3 is 68.3 Å². The largest absolute Gasteiger partial charge is 3.00 e. The molecule has 0 saturated carbocycles. The Morgan fingerprint density at radius 3 is 0.571 bits per heavy atom. The molecule has 0 aromatic carbocycles. The third-order valence-corrected chi connectivity index (χ3v) is 0. The van der Waals surface area contributed by atoms with Crippen molar-refractivity contribution in [2.75, 3.05) is 0 Å². The van der Waals surface area contributed by atoms with Crippen LogP contribution in [0.5, 0.6) is 0 Å². The summed E-state index contributed by atoms with van der Waals surface area (Å²) in [6.07, 6.45) is 0. The molecule has 0 N–H and O–H groups in total. The summed E-state index contributed by atoms with van der Waals surface area (Å²) >= 11 is 0. The van der Waals surface area contributed by atoms with Gasteiger partial charge < -0.3 is 42.2 Å². The summed E-state index contributed by atoms with van der Waals surface area (Å²) in [5.74, 6) is 0. The molecule has 0 unspecified atom stereocenters. The van der Waals surface area contributed by atoms with Gasteiger partial charge in [-0.3, -0.25) is 0 Å². The SMILES string of the molecule is O=[Si]([O-])[O-].O=[Si]([O-])[O-].O=[Si]([O-])[O-].[La+3].[Y+3]. The Morgan fingerprint density at radius 2 is 0.571 bits per heavy atom. The maximum absolute atomic E-state index is 8.52. The van der Waals surface area contributed by atoms with Crippen LogP contribution in [0.25, 0.3) is 0 Å². The molecule has 0 aliphatic rings. The fourth-order valence-electron chi connectivity index (χ4n) is 0. The number of hydrogen-bond donors (Lipinski definition) is 0. The Kier molecular flexibility index (Phi) is 49.9. The molecule has 0 aliphatic carbocycles. The van der Waals surface area contributed by atoms with Crippen LogP contribution >= 0.6 is 0 Å². The zero-order valence-corrected chi connectivity index (χ0v) is 15.8. The van der Waals surface area contributed by atoms with E-state index in [9.17, 15) is 0 Å². The Balaban J connectivity index is -0.0000000270. The number of rotatable bonds is 0. The van der Waals surface area contributed by atoms with Gasteiger partial charge in [-0.15, -0.1) is 0 Å². The molecule has 0 fully saturated rings. The molecule has 0 heterocycles. The molecule has 0 saturated heterocycles. The molecule has 14 heteroatoms. The Hall–Kier alpha value is 1.15. The van der Waals surface area contributed by atoms with Crippen molar-refractivity contribution >= 4 is 27.5 Å². The molecular formula is LaO9Si3Y. The van der Waals surface area contributed by atoms with E-state index in [0.29, 0.717) is 0 Å². The first-order valence-corrected chi connectivity index (χ1v) is 5.51. The van der Waals surface area contributed by atoms with Crippen LogP contribution in [0.1, 0.15) is 0 Å². The maximum atomic E-state index is 8.52. The maximum Gasteiger partial charge on any atom is 3.00 e. The predicted octanol–water partition coefficient (Wildman–Crippen LogP) is -8.64. The molecule has 0 aliphatic heterocycles. The summed E-state index contributed by atoms with van der Waals surface area (Å²) in [5, 5.41) is 0. The van der Waals surface area contributed by atoms with Crippen LogP contribution < -0.4 is 28.8 Å². The van der Waals surface area contributed by atoms with Crippen molar-refractivity contribution in [1.29, 1.82) is 0 Å². The van der Waals surface area contributed by atoms with Crippen LogP contribution in [-0.4, -0.2) is 27.5 Å². The van der Waals surface area contributed by atoms with E-state index < -0.39 is 27.5 Å². The fraction of sp³-hybridized carbons (Fsp3) is 0. The second-order valence-corrected chi connectivity index (χ2v) is 2.25. The van der Waals surface area contributed by atoms with Crippen molar-refractivity contribution in [2.45, 2.75) is 0 Å². The van der Waals surface area contributed by atoms with E-state index in [0.717, 1.165) is 0 Å². The molecule has 0 amide bonds. The monoisotopic (exact) mass is 456 g/mol. The van der Waals surface area contributed by atoms with E-state index >= 15 is 0 Å². The normalized spacial score (nSPS) is 5.14. The average molecular weight is 456 g/mol. The molecule has 72 valence electrons. The first kappa shape index (κ1) is 29.4. The summed E-state index contributed by atoms with van der Waals surface area (Å²) in [6.45, 7) is 0. The second-order valence-electron chi connectivity index (χ2n) is 0.750. The Morgan fingerprint density at radius 1 is 0.571 bits per heavy atom. The summed E-state index contributed by atoms with van der Waals surface area (Å²) in [4.78, 5) is 51.1. The summed E-state index contributed by atoms with van der Waals surface area (Å²) in [5.41, 5.74) is 0. The standard InChI is InChI=1S/La.3O3Si.Y/c;3*1-4(2)3;/q+3;3*-2;+3. The minimum absolute atomic E-state index is 0. The molecule has 14 heavy (non-hydrogen) atoms. The zero-order valence-electron chi connectivity index (χ0n) is 6.33. The van der Waals surface area contributed by atoms with Crippen molar-refractivity contribution in [3.05, 3.63) is 0 Å². The fourth-order valence-corrected chi connectivity index (χ4v) is 0. The molecule has 9 nitrogen and oxygen atoms in total. The summed E-state index contributed by atoms with van der Waals surface area (Å²) in [7, 11) is -10.9. The van der Waals surface area contributed by atoms with Gasteiger partial charge in [-0.25, -0.2) is 0 Å². The third kappa shape index (κ3) is 1470. The van der Waals surface area contributed by atoms with E-state index in [1.165, 1.54) is 0 Å². The van der Waals surface area contributed by atoms with Gasteiger partial charge in [0, 0.05) is 27.5 Å². The first-order valence-electron chi connectivity index (χ1n) is 1.84. The van der Waals surface area contributed by atoms with Gasteiger partial charge in [-0.05, 0) is 0 Å². The third-order valence-electron chi connectivity index (χ3n) is 0. The van der Waals surface area contributed by atoms with E-state index in [1.807, 2.05) is 0 Å². The van der Waals surface area contributed by atoms with Gasteiger partial charge in [0.1, 0.15) is 0 Å². The van der Waals surface area contributed by atoms with Crippen LogP contribution in [0, 0.1) is 35.6 Å². The van der Waals surface area contributed by atoms with E-state index in [1.54, 1.807) is 0 Å². The molecular weight excluding hydrogens is 456 g/mol. The summed E-state index contributed by atoms with van der Waals surface area (Å²) < 4.78 is 25.6. The van der Waals surface area contributed by atoms with E-state index in [2.05, 4.69) is 0 Å². The van der Waals surface area contributed by atoms with Gasteiger partial charge in [-0.1, -0.05) is 0 Å². The topological polar surface area (TPSA) is 190 Å². The molecule has 0 aromatic rings. The van der Waals surface area contributed by atoms with Crippen LogP contribution in [0.2, 0.25) is 0 Å².